The first-order valence-electron chi connectivity index (χ1n) is 12.5. The molecule has 36 heavy (non-hydrogen) atoms. The van der Waals surface area contributed by atoms with E-state index in [0.29, 0.717) is 22.7 Å². The van der Waals surface area contributed by atoms with E-state index < -0.39 is 11.6 Å². The zero-order chi connectivity index (χ0) is 25.7. The summed E-state index contributed by atoms with van der Waals surface area (Å²) in [4.78, 5) is 18.3. The summed E-state index contributed by atoms with van der Waals surface area (Å²) >= 11 is 0. The topological polar surface area (TPSA) is 75.6 Å². The third-order valence-corrected chi connectivity index (χ3v) is 6.61. The molecule has 1 aromatic carbocycles. The fourth-order valence-electron chi connectivity index (χ4n) is 4.30. The van der Waals surface area contributed by atoms with Crippen molar-refractivity contribution in [2.24, 2.45) is 0 Å². The van der Waals surface area contributed by atoms with Gasteiger partial charge in [0.2, 0.25) is 5.95 Å². The van der Waals surface area contributed by atoms with Crippen LogP contribution in [0.5, 0.6) is 11.5 Å². The standard InChI is InChI=1S/C26H34F2N6O2/c1-5-33(6-2)11-8-7-10-29-26-30-16-17-14-18(31-25(24(17)32-26)34-12-9-13-34)21-22(27)19(35-3)15-20(36-4)23(21)28/h14-16H,5-13H2,1-4H3,(H,29,30,32). The second-order valence-corrected chi connectivity index (χ2v) is 8.75. The monoisotopic (exact) mass is 500 g/mol. The average molecular weight is 501 g/mol. The number of halogens is 2. The Hall–Kier alpha value is -3.27. The van der Waals surface area contributed by atoms with E-state index in [0.717, 1.165) is 58.5 Å². The van der Waals surface area contributed by atoms with Crippen LogP contribution < -0.4 is 19.7 Å². The highest BCUT2D eigenvalue weighted by Gasteiger charge is 2.26. The minimum atomic E-state index is -0.832. The maximum absolute atomic E-state index is 15.2. The van der Waals surface area contributed by atoms with Crippen LogP contribution in [0.3, 0.4) is 0 Å². The maximum Gasteiger partial charge on any atom is 0.223 e. The molecule has 0 bridgehead atoms. The Kier molecular flexibility index (Phi) is 8.35. The van der Waals surface area contributed by atoms with E-state index in [-0.39, 0.29) is 22.8 Å². The molecular weight excluding hydrogens is 466 g/mol. The number of hydrogen-bond acceptors (Lipinski definition) is 8. The molecule has 3 aromatic rings. The normalized spacial score (nSPS) is 13.2. The first kappa shape index (κ1) is 25.8. The van der Waals surface area contributed by atoms with Crippen molar-refractivity contribution < 1.29 is 18.3 Å². The number of nitrogens with zero attached hydrogens (tertiary/aromatic N) is 5. The molecule has 1 saturated heterocycles. The first-order chi connectivity index (χ1) is 17.5. The number of aromatic nitrogens is 3. The van der Waals surface area contributed by atoms with Gasteiger partial charge >= 0.3 is 0 Å². The van der Waals surface area contributed by atoms with Gasteiger partial charge in [-0.2, -0.15) is 0 Å². The predicted molar refractivity (Wildman–Crippen MR) is 138 cm³/mol. The van der Waals surface area contributed by atoms with E-state index in [9.17, 15) is 0 Å². The lowest BCUT2D eigenvalue weighted by atomic mass is 10.1. The lowest BCUT2D eigenvalue weighted by molar-refractivity contribution is 0.298. The van der Waals surface area contributed by atoms with Gasteiger partial charge in [0.05, 0.1) is 25.5 Å². The number of pyridine rings is 1. The van der Waals surface area contributed by atoms with Crippen LogP contribution in [0.4, 0.5) is 20.5 Å². The van der Waals surface area contributed by atoms with Gasteiger partial charge in [-0.25, -0.2) is 23.7 Å². The van der Waals surface area contributed by atoms with E-state index in [2.05, 4.69) is 38.9 Å². The highest BCUT2D eigenvalue weighted by Crippen LogP contribution is 2.39. The number of methoxy groups -OCH3 is 2. The van der Waals surface area contributed by atoms with Gasteiger partial charge in [-0.3, -0.25) is 0 Å². The Bertz CT molecular complexity index is 1170. The van der Waals surface area contributed by atoms with Crippen molar-refractivity contribution >= 4 is 22.7 Å². The van der Waals surface area contributed by atoms with Gasteiger partial charge in [-0.05, 0) is 45.0 Å². The van der Waals surface area contributed by atoms with E-state index in [1.165, 1.54) is 20.3 Å². The highest BCUT2D eigenvalue weighted by molar-refractivity contribution is 5.92. The molecule has 1 aliphatic rings. The van der Waals surface area contributed by atoms with Crippen molar-refractivity contribution in [1.29, 1.82) is 0 Å². The Morgan fingerprint density at radius 1 is 1.00 bits per heavy atom. The number of anilines is 2. The molecule has 2 aromatic heterocycles. The Labute approximate surface area is 210 Å². The minimum absolute atomic E-state index is 0.118. The van der Waals surface area contributed by atoms with Gasteiger partial charge in [0, 0.05) is 37.3 Å². The lowest BCUT2D eigenvalue weighted by Crippen LogP contribution is -2.38. The van der Waals surface area contributed by atoms with Crippen molar-refractivity contribution in [3.05, 3.63) is 30.0 Å². The number of benzene rings is 1. The molecule has 10 heteroatoms. The smallest absolute Gasteiger partial charge is 0.223 e. The third kappa shape index (κ3) is 5.28. The predicted octanol–water partition coefficient (Wildman–Crippen LogP) is 4.73. The summed E-state index contributed by atoms with van der Waals surface area (Å²) in [5.41, 5.74) is 0.484. The largest absolute Gasteiger partial charge is 0.494 e. The summed E-state index contributed by atoms with van der Waals surface area (Å²) in [5, 5.41) is 3.95. The van der Waals surface area contributed by atoms with Gasteiger partial charge in [0.25, 0.3) is 0 Å². The van der Waals surface area contributed by atoms with E-state index in [1.807, 2.05) is 0 Å². The first-order valence-corrected chi connectivity index (χ1v) is 12.5. The van der Waals surface area contributed by atoms with Gasteiger partial charge in [-0.1, -0.05) is 13.8 Å². The molecule has 0 saturated carbocycles. The number of nitrogens with one attached hydrogen (secondary N) is 1. The van der Waals surface area contributed by atoms with Crippen LogP contribution in [-0.4, -0.2) is 73.3 Å². The summed E-state index contributed by atoms with van der Waals surface area (Å²) in [7, 11) is 2.65. The molecule has 1 aliphatic heterocycles. The zero-order valence-electron chi connectivity index (χ0n) is 21.4. The van der Waals surface area contributed by atoms with Crippen molar-refractivity contribution in [3.63, 3.8) is 0 Å². The number of unbranched alkanes of at least 4 members (excludes halogenated alkanes) is 1. The maximum atomic E-state index is 15.2. The van der Waals surface area contributed by atoms with Crippen LogP contribution in [-0.2, 0) is 0 Å². The van der Waals surface area contributed by atoms with Crippen LogP contribution in [0.1, 0.15) is 33.1 Å². The van der Waals surface area contributed by atoms with Gasteiger partial charge in [-0.15, -0.1) is 0 Å². The van der Waals surface area contributed by atoms with Crippen molar-refractivity contribution in [3.8, 4) is 22.8 Å². The second kappa shape index (κ2) is 11.6. The molecule has 3 heterocycles. The Morgan fingerprint density at radius 2 is 1.69 bits per heavy atom. The molecule has 0 atom stereocenters. The van der Waals surface area contributed by atoms with E-state index >= 15 is 8.78 Å². The van der Waals surface area contributed by atoms with Crippen molar-refractivity contribution in [2.75, 3.05) is 63.7 Å². The molecule has 0 unspecified atom stereocenters. The summed E-state index contributed by atoms with van der Waals surface area (Å²) in [6, 6.07) is 2.79. The van der Waals surface area contributed by atoms with Gasteiger partial charge in [0.1, 0.15) is 5.52 Å². The van der Waals surface area contributed by atoms with Crippen LogP contribution in [0, 0.1) is 11.6 Å². The summed E-state index contributed by atoms with van der Waals surface area (Å²) in [5.74, 6) is -0.800. The molecule has 8 nitrogen and oxygen atoms in total. The van der Waals surface area contributed by atoms with E-state index in [1.54, 1.807) is 12.3 Å². The fraction of sp³-hybridized carbons (Fsp3) is 0.500. The minimum Gasteiger partial charge on any atom is -0.494 e. The van der Waals surface area contributed by atoms with Crippen molar-refractivity contribution in [1.82, 2.24) is 19.9 Å². The molecule has 0 aliphatic carbocycles. The fourth-order valence-corrected chi connectivity index (χ4v) is 4.30. The van der Waals surface area contributed by atoms with Crippen LogP contribution >= 0.6 is 0 Å². The number of ether oxygens (including phenoxy) is 2. The molecule has 0 spiro atoms. The number of rotatable bonds is 12. The number of hydrogen-bond donors (Lipinski definition) is 1. The quantitative estimate of drug-likeness (QED) is 0.358. The molecule has 1 fully saturated rings. The van der Waals surface area contributed by atoms with E-state index in [4.69, 9.17) is 14.5 Å². The second-order valence-electron chi connectivity index (χ2n) is 8.75. The summed E-state index contributed by atoms with van der Waals surface area (Å²) in [6.45, 7) is 9.90. The molecule has 4 rings (SSSR count). The van der Waals surface area contributed by atoms with Gasteiger partial charge in [0.15, 0.2) is 29.0 Å². The Balaban J connectivity index is 1.64. The molecular formula is C26H34F2N6O2. The Morgan fingerprint density at radius 3 is 2.28 bits per heavy atom. The van der Waals surface area contributed by atoms with Crippen LogP contribution in [0.25, 0.3) is 22.2 Å². The molecule has 0 radical (unpaired) electrons. The van der Waals surface area contributed by atoms with Crippen LogP contribution in [0.2, 0.25) is 0 Å². The van der Waals surface area contributed by atoms with Gasteiger partial charge < -0.3 is 24.6 Å². The molecule has 1 N–H and O–H groups in total. The van der Waals surface area contributed by atoms with Crippen LogP contribution in [0.15, 0.2) is 18.3 Å². The van der Waals surface area contributed by atoms with Crippen molar-refractivity contribution in [2.45, 2.75) is 33.1 Å². The highest BCUT2D eigenvalue weighted by atomic mass is 19.1. The SMILES string of the molecule is CCN(CC)CCCCNc1ncc2cc(-c3c(F)c(OC)cc(OC)c3F)nc(N3CCC3)c2n1. The number of fused-ring (bicyclic) bond motifs is 1. The molecule has 194 valence electrons. The lowest BCUT2D eigenvalue weighted by Gasteiger charge is -2.32. The third-order valence-electron chi connectivity index (χ3n) is 6.61. The average Bonchev–Trinajstić information content (AvgIpc) is 2.85. The summed E-state index contributed by atoms with van der Waals surface area (Å²) < 4.78 is 40.6. The summed E-state index contributed by atoms with van der Waals surface area (Å²) in [6.07, 6.45) is 4.78. The zero-order valence-corrected chi connectivity index (χ0v) is 21.4. The molecule has 0 amide bonds.